The Labute approximate surface area is 84.7 Å². The Kier molecular flexibility index (Phi) is 2.37. The molecule has 0 amide bonds. The van der Waals surface area contributed by atoms with E-state index in [1.54, 1.807) is 17.4 Å². The van der Waals surface area contributed by atoms with Crippen LogP contribution in [0.2, 0.25) is 0 Å². The first-order valence-corrected chi connectivity index (χ1v) is 5.11. The molecule has 0 unspecified atom stereocenters. The van der Waals surface area contributed by atoms with Crippen molar-refractivity contribution in [2.45, 2.75) is 6.42 Å². The van der Waals surface area contributed by atoms with Crippen LogP contribution in [0, 0.1) is 0 Å². The zero-order chi connectivity index (χ0) is 9.97. The largest absolute Gasteiger partial charge is 0.508 e. The van der Waals surface area contributed by atoms with Crippen molar-refractivity contribution in [2.75, 3.05) is 0 Å². The molecule has 0 saturated carbocycles. The van der Waals surface area contributed by atoms with Crippen LogP contribution < -0.4 is 5.56 Å². The molecule has 0 atom stereocenters. The van der Waals surface area contributed by atoms with Crippen molar-refractivity contribution in [3.63, 3.8) is 0 Å². The van der Waals surface area contributed by atoms with E-state index in [0.717, 1.165) is 17.3 Å². The van der Waals surface area contributed by atoms with Crippen molar-refractivity contribution >= 4 is 11.3 Å². The summed E-state index contributed by atoms with van der Waals surface area (Å²) in [4.78, 5) is 13.7. The summed E-state index contributed by atoms with van der Waals surface area (Å²) in [6.45, 7) is 0. The van der Waals surface area contributed by atoms with Crippen molar-refractivity contribution in [3.05, 3.63) is 50.6 Å². The first-order chi connectivity index (χ1) is 6.74. The SMILES string of the molecule is O=c1cc(O)cc(Cc2ccsc2)[nH]1. The van der Waals surface area contributed by atoms with Gasteiger partial charge in [-0.1, -0.05) is 0 Å². The van der Waals surface area contributed by atoms with E-state index in [9.17, 15) is 9.90 Å². The van der Waals surface area contributed by atoms with Gasteiger partial charge in [-0.25, -0.2) is 0 Å². The monoisotopic (exact) mass is 207 g/mol. The molecule has 72 valence electrons. The van der Waals surface area contributed by atoms with Crippen LogP contribution in [-0.2, 0) is 6.42 Å². The van der Waals surface area contributed by atoms with Gasteiger partial charge in [-0.3, -0.25) is 4.79 Å². The molecule has 0 aromatic carbocycles. The maximum atomic E-state index is 11.0. The Hall–Kier alpha value is -1.55. The van der Waals surface area contributed by atoms with Crippen molar-refractivity contribution in [1.82, 2.24) is 4.98 Å². The lowest BCUT2D eigenvalue weighted by Crippen LogP contribution is -2.06. The quantitative estimate of drug-likeness (QED) is 0.788. The minimum absolute atomic E-state index is 0.0129. The van der Waals surface area contributed by atoms with Crippen LogP contribution in [0.25, 0.3) is 0 Å². The fourth-order valence-electron chi connectivity index (χ4n) is 1.29. The van der Waals surface area contributed by atoms with Gasteiger partial charge >= 0.3 is 0 Å². The van der Waals surface area contributed by atoms with Gasteiger partial charge in [0.05, 0.1) is 0 Å². The van der Waals surface area contributed by atoms with Crippen molar-refractivity contribution < 1.29 is 5.11 Å². The van der Waals surface area contributed by atoms with E-state index < -0.39 is 0 Å². The van der Waals surface area contributed by atoms with Gasteiger partial charge in [-0.2, -0.15) is 11.3 Å². The smallest absolute Gasteiger partial charge is 0.251 e. The van der Waals surface area contributed by atoms with Crippen LogP contribution >= 0.6 is 11.3 Å². The van der Waals surface area contributed by atoms with E-state index in [4.69, 9.17) is 0 Å². The molecule has 3 nitrogen and oxygen atoms in total. The molecular weight excluding hydrogens is 198 g/mol. The minimum Gasteiger partial charge on any atom is -0.508 e. The first kappa shape index (κ1) is 9.02. The lowest BCUT2D eigenvalue weighted by molar-refractivity contribution is 0.473. The molecule has 0 aliphatic heterocycles. The minimum atomic E-state index is -0.268. The molecule has 0 spiro atoms. The van der Waals surface area contributed by atoms with E-state index in [-0.39, 0.29) is 11.3 Å². The second kappa shape index (κ2) is 3.67. The topological polar surface area (TPSA) is 53.1 Å². The van der Waals surface area contributed by atoms with Crippen molar-refractivity contribution in [3.8, 4) is 5.75 Å². The lowest BCUT2D eigenvalue weighted by atomic mass is 10.2. The zero-order valence-corrected chi connectivity index (χ0v) is 8.17. The fraction of sp³-hybridized carbons (Fsp3) is 0.100. The second-order valence-corrected chi connectivity index (χ2v) is 3.82. The highest BCUT2D eigenvalue weighted by atomic mass is 32.1. The summed E-state index contributed by atoms with van der Waals surface area (Å²) in [5.41, 5.74) is 1.60. The summed E-state index contributed by atoms with van der Waals surface area (Å²) in [5, 5.41) is 13.2. The van der Waals surface area contributed by atoms with Gasteiger partial charge in [0.2, 0.25) is 0 Å². The summed E-state index contributed by atoms with van der Waals surface area (Å²) in [6, 6.07) is 4.73. The number of hydrogen-bond acceptors (Lipinski definition) is 3. The molecule has 14 heavy (non-hydrogen) atoms. The molecular formula is C10H9NO2S. The molecule has 0 radical (unpaired) electrons. The van der Waals surface area contributed by atoms with Crippen molar-refractivity contribution in [2.24, 2.45) is 0 Å². The normalized spacial score (nSPS) is 10.3. The number of hydrogen-bond donors (Lipinski definition) is 2. The highest BCUT2D eigenvalue weighted by Crippen LogP contribution is 2.13. The van der Waals surface area contributed by atoms with Gasteiger partial charge in [0, 0.05) is 18.2 Å². The van der Waals surface area contributed by atoms with Crippen LogP contribution in [0.4, 0.5) is 0 Å². The molecule has 0 saturated heterocycles. The molecule has 0 aliphatic carbocycles. The van der Waals surface area contributed by atoms with Gasteiger partial charge in [-0.05, 0) is 28.5 Å². The van der Waals surface area contributed by atoms with Crippen molar-refractivity contribution in [1.29, 1.82) is 0 Å². The number of H-pyrrole nitrogens is 1. The fourth-order valence-corrected chi connectivity index (χ4v) is 1.96. The number of aromatic nitrogens is 1. The number of thiophene rings is 1. The summed E-state index contributed by atoms with van der Waals surface area (Å²) in [7, 11) is 0. The van der Waals surface area contributed by atoms with Gasteiger partial charge in [0.15, 0.2) is 0 Å². The van der Waals surface area contributed by atoms with Crippen LogP contribution in [0.3, 0.4) is 0 Å². The second-order valence-electron chi connectivity index (χ2n) is 3.04. The lowest BCUT2D eigenvalue weighted by Gasteiger charge is -1.99. The van der Waals surface area contributed by atoms with Crippen LogP contribution in [0.1, 0.15) is 11.3 Å². The van der Waals surface area contributed by atoms with E-state index in [1.807, 2.05) is 16.8 Å². The molecule has 2 aromatic heterocycles. The summed E-state index contributed by atoms with van der Waals surface area (Å²) < 4.78 is 0. The maximum absolute atomic E-state index is 11.0. The van der Waals surface area contributed by atoms with Crippen LogP contribution in [-0.4, -0.2) is 10.1 Å². The summed E-state index contributed by atoms with van der Waals surface area (Å²) in [6.07, 6.45) is 0.646. The average molecular weight is 207 g/mol. The maximum Gasteiger partial charge on any atom is 0.251 e. The number of aromatic hydroxyl groups is 1. The third-order valence-electron chi connectivity index (χ3n) is 1.86. The third kappa shape index (κ3) is 2.03. The van der Waals surface area contributed by atoms with Crippen LogP contribution in [0.5, 0.6) is 5.75 Å². The predicted molar refractivity (Wildman–Crippen MR) is 55.9 cm³/mol. The molecule has 2 aromatic rings. The number of rotatable bonds is 2. The molecule has 2 N–H and O–H groups in total. The Bertz CT molecular complexity index is 473. The van der Waals surface area contributed by atoms with Gasteiger partial charge in [0.1, 0.15) is 5.75 Å². The Morgan fingerprint density at radius 2 is 2.29 bits per heavy atom. The number of nitrogens with one attached hydrogen (secondary N) is 1. The molecule has 4 heteroatoms. The molecule has 0 aliphatic rings. The third-order valence-corrected chi connectivity index (χ3v) is 2.59. The summed E-state index contributed by atoms with van der Waals surface area (Å²) in [5.74, 6) is 0.0129. The Morgan fingerprint density at radius 1 is 1.43 bits per heavy atom. The molecule has 0 fully saturated rings. The van der Waals surface area contributed by atoms with Crippen LogP contribution in [0.15, 0.2) is 33.8 Å². The standard InChI is InChI=1S/C10H9NO2S/c12-9-4-8(11-10(13)5-9)3-7-1-2-14-6-7/h1-2,4-6H,3H2,(H2,11,12,13). The predicted octanol–water partition coefficient (Wildman–Crippen LogP) is 1.73. The van der Waals surface area contributed by atoms with E-state index in [0.29, 0.717) is 6.42 Å². The highest BCUT2D eigenvalue weighted by Gasteiger charge is 1.99. The van der Waals surface area contributed by atoms with E-state index in [2.05, 4.69) is 4.98 Å². The number of pyridine rings is 1. The zero-order valence-electron chi connectivity index (χ0n) is 7.36. The average Bonchev–Trinajstić information content (AvgIpc) is 2.54. The number of aromatic amines is 1. The molecule has 0 bridgehead atoms. The van der Waals surface area contributed by atoms with Gasteiger partial charge in [0.25, 0.3) is 5.56 Å². The Balaban J connectivity index is 2.29. The van der Waals surface area contributed by atoms with E-state index >= 15 is 0 Å². The first-order valence-electron chi connectivity index (χ1n) is 4.17. The summed E-state index contributed by atoms with van der Waals surface area (Å²) >= 11 is 1.61. The van der Waals surface area contributed by atoms with Gasteiger partial charge in [-0.15, -0.1) is 0 Å². The Morgan fingerprint density at radius 3 is 2.93 bits per heavy atom. The molecule has 2 rings (SSSR count). The highest BCUT2D eigenvalue weighted by molar-refractivity contribution is 7.07. The molecule has 2 heterocycles. The van der Waals surface area contributed by atoms with Gasteiger partial charge < -0.3 is 10.1 Å². The van der Waals surface area contributed by atoms with E-state index in [1.165, 1.54) is 0 Å².